The van der Waals surface area contributed by atoms with Gasteiger partial charge in [-0.2, -0.15) is 11.8 Å². The molecule has 7 nitrogen and oxygen atoms in total. The van der Waals surface area contributed by atoms with Crippen LogP contribution in [0, 0.1) is 12.8 Å². The van der Waals surface area contributed by atoms with Crippen LogP contribution >= 0.6 is 23.4 Å². The van der Waals surface area contributed by atoms with Gasteiger partial charge in [0.05, 0.1) is 22.9 Å². The highest BCUT2D eigenvalue weighted by Crippen LogP contribution is 2.36. The van der Waals surface area contributed by atoms with Gasteiger partial charge in [0.2, 0.25) is 0 Å². The first-order chi connectivity index (χ1) is 24.6. The number of benzene rings is 4. The van der Waals surface area contributed by atoms with Crippen molar-refractivity contribution >= 4 is 56.2 Å². The SMILES string of the molecule is CCOC(=O)C(CC)CSC(CCc1ccccc1C(=O)NS(=O)(=O)c1ccc(C)cc1)c1cccc(CCc2ccc3ccc(Cl)cc3n2)c1. The Kier molecular flexibility index (Phi) is 13.3. The Balaban J connectivity index is 1.34. The third-order valence-corrected chi connectivity index (χ3v) is 11.9. The summed E-state index contributed by atoms with van der Waals surface area (Å²) in [4.78, 5) is 30.9. The largest absolute Gasteiger partial charge is 0.466 e. The van der Waals surface area contributed by atoms with Gasteiger partial charge in [-0.05, 0) is 99.0 Å². The number of sulfonamides is 1. The number of aromatic nitrogens is 1. The van der Waals surface area contributed by atoms with E-state index in [1.165, 1.54) is 17.7 Å². The Bertz CT molecular complexity index is 2090. The van der Waals surface area contributed by atoms with E-state index >= 15 is 0 Å². The number of carbonyl (C=O) groups is 2. The smallest absolute Gasteiger partial charge is 0.309 e. The maximum Gasteiger partial charge on any atom is 0.309 e. The molecule has 1 N–H and O–H groups in total. The maximum atomic E-state index is 13.4. The first-order valence-electron chi connectivity index (χ1n) is 17.2. The van der Waals surface area contributed by atoms with Crippen LogP contribution in [-0.4, -0.2) is 37.6 Å². The fraction of sp³-hybridized carbons (Fsp3) is 0.293. The molecule has 266 valence electrons. The van der Waals surface area contributed by atoms with Crippen molar-refractivity contribution in [2.75, 3.05) is 12.4 Å². The summed E-state index contributed by atoms with van der Waals surface area (Å²) in [6.45, 7) is 6.01. The van der Waals surface area contributed by atoms with Crippen molar-refractivity contribution in [2.45, 2.75) is 63.0 Å². The van der Waals surface area contributed by atoms with E-state index < -0.39 is 15.9 Å². The van der Waals surface area contributed by atoms with Gasteiger partial charge in [0.25, 0.3) is 15.9 Å². The van der Waals surface area contributed by atoms with Gasteiger partial charge >= 0.3 is 5.97 Å². The van der Waals surface area contributed by atoms with Crippen molar-refractivity contribution in [3.8, 4) is 0 Å². The van der Waals surface area contributed by atoms with Crippen molar-refractivity contribution in [3.63, 3.8) is 0 Å². The second-order valence-electron chi connectivity index (χ2n) is 12.5. The Morgan fingerprint density at radius 1 is 0.882 bits per heavy atom. The lowest BCUT2D eigenvalue weighted by Gasteiger charge is -2.21. The highest BCUT2D eigenvalue weighted by Gasteiger charge is 2.24. The number of aryl methyl sites for hydroxylation is 4. The molecule has 1 aromatic heterocycles. The number of thioether (sulfide) groups is 1. The molecule has 0 saturated heterocycles. The summed E-state index contributed by atoms with van der Waals surface area (Å²) in [5.74, 6) is -0.514. The third-order valence-electron chi connectivity index (χ3n) is 8.81. The number of nitrogens with one attached hydrogen (secondary N) is 1. The van der Waals surface area contributed by atoms with Crippen molar-refractivity contribution < 1.29 is 22.7 Å². The molecule has 0 saturated carbocycles. The van der Waals surface area contributed by atoms with Gasteiger partial charge in [0.1, 0.15) is 0 Å². The summed E-state index contributed by atoms with van der Waals surface area (Å²) < 4.78 is 33.7. The van der Waals surface area contributed by atoms with E-state index in [1.807, 2.05) is 51.1 Å². The third kappa shape index (κ3) is 10.4. The average molecular weight is 743 g/mol. The fourth-order valence-corrected chi connectivity index (χ4v) is 8.48. The van der Waals surface area contributed by atoms with Crippen LogP contribution in [0.3, 0.4) is 0 Å². The molecule has 5 rings (SSSR count). The summed E-state index contributed by atoms with van der Waals surface area (Å²) in [7, 11) is -4.05. The zero-order valence-corrected chi connectivity index (χ0v) is 31.5. The highest BCUT2D eigenvalue weighted by atomic mass is 35.5. The van der Waals surface area contributed by atoms with E-state index in [9.17, 15) is 18.0 Å². The highest BCUT2D eigenvalue weighted by molar-refractivity contribution is 7.99. The second kappa shape index (κ2) is 17.8. The minimum Gasteiger partial charge on any atom is -0.466 e. The molecule has 0 aliphatic carbocycles. The molecule has 0 radical (unpaired) electrons. The van der Waals surface area contributed by atoms with Crippen LogP contribution in [0.5, 0.6) is 0 Å². The van der Waals surface area contributed by atoms with E-state index in [2.05, 4.69) is 41.1 Å². The summed E-state index contributed by atoms with van der Waals surface area (Å²) in [5.41, 5.74) is 6.13. The standard InChI is InChI=1S/C41H43ClN2O5S2/c1-4-30(41(46)49-5-2)27-50-39(33-11-8-9-29(25-33)15-20-35-21-17-32-16-19-34(42)26-38(32)43-35)24-18-31-10-6-7-12-37(31)40(45)44-51(47,48)36-22-13-28(3)14-23-36/h6-14,16-17,19,21-23,25-26,30,39H,4-5,15,18,20,24,27H2,1-3H3,(H,44,45). The van der Waals surface area contributed by atoms with E-state index in [1.54, 1.807) is 36.0 Å². The lowest BCUT2D eigenvalue weighted by Crippen LogP contribution is -2.31. The fourth-order valence-electron chi connectivity index (χ4n) is 5.88. The predicted molar refractivity (Wildman–Crippen MR) is 207 cm³/mol. The molecule has 0 aliphatic heterocycles. The molecule has 51 heavy (non-hydrogen) atoms. The molecule has 0 bridgehead atoms. The minimum absolute atomic E-state index is 0.00164. The van der Waals surface area contributed by atoms with Crippen LogP contribution in [0.25, 0.3) is 10.9 Å². The van der Waals surface area contributed by atoms with Gasteiger partial charge < -0.3 is 4.74 Å². The molecule has 0 aliphatic rings. The van der Waals surface area contributed by atoms with Gasteiger partial charge in [0.15, 0.2) is 0 Å². The van der Waals surface area contributed by atoms with Gasteiger partial charge in [-0.1, -0.05) is 90.8 Å². The molecular weight excluding hydrogens is 700 g/mol. The monoisotopic (exact) mass is 742 g/mol. The molecule has 5 aromatic rings. The lowest BCUT2D eigenvalue weighted by molar-refractivity contribution is -0.147. The van der Waals surface area contributed by atoms with Crippen molar-refractivity contribution in [1.82, 2.24) is 9.71 Å². The number of amides is 1. The first kappa shape index (κ1) is 38.1. The van der Waals surface area contributed by atoms with Crippen LogP contribution in [0.1, 0.15) is 70.2 Å². The average Bonchev–Trinajstić information content (AvgIpc) is 3.12. The summed E-state index contributed by atoms with van der Waals surface area (Å²) in [6, 6.07) is 31.8. The molecule has 2 unspecified atom stereocenters. The number of rotatable bonds is 16. The number of nitrogens with zero attached hydrogens (tertiary/aromatic N) is 1. The summed E-state index contributed by atoms with van der Waals surface area (Å²) in [5, 5.41) is 1.71. The zero-order chi connectivity index (χ0) is 36.4. The Labute approximate surface area is 310 Å². The summed E-state index contributed by atoms with van der Waals surface area (Å²) >= 11 is 7.92. The molecule has 4 aromatic carbocycles. The second-order valence-corrected chi connectivity index (χ2v) is 15.9. The number of esters is 1. The molecular formula is C41H43ClN2O5S2. The van der Waals surface area contributed by atoms with E-state index in [0.717, 1.165) is 46.1 Å². The van der Waals surface area contributed by atoms with Gasteiger partial charge in [-0.3, -0.25) is 14.6 Å². The van der Waals surface area contributed by atoms with Crippen LogP contribution in [0.4, 0.5) is 0 Å². The Hall–Kier alpha value is -4.18. The van der Waals surface area contributed by atoms with E-state index in [4.69, 9.17) is 21.3 Å². The normalized spacial score (nSPS) is 12.7. The van der Waals surface area contributed by atoms with Gasteiger partial charge in [-0.15, -0.1) is 0 Å². The number of pyridine rings is 1. The number of hydrogen-bond acceptors (Lipinski definition) is 7. The van der Waals surface area contributed by atoms with Crippen LogP contribution in [0.2, 0.25) is 5.02 Å². The van der Waals surface area contributed by atoms with Gasteiger partial charge in [0, 0.05) is 32.7 Å². The zero-order valence-electron chi connectivity index (χ0n) is 29.1. The van der Waals surface area contributed by atoms with Crippen LogP contribution in [0.15, 0.2) is 108 Å². The van der Waals surface area contributed by atoms with Gasteiger partial charge in [-0.25, -0.2) is 13.1 Å². The molecule has 1 heterocycles. The van der Waals surface area contributed by atoms with Crippen molar-refractivity contribution in [3.05, 3.63) is 142 Å². The minimum atomic E-state index is -4.05. The molecule has 0 spiro atoms. The molecule has 0 fully saturated rings. The molecule has 2 atom stereocenters. The number of carbonyl (C=O) groups excluding carboxylic acids is 2. The quantitative estimate of drug-likeness (QED) is 0.101. The van der Waals surface area contributed by atoms with Crippen molar-refractivity contribution in [1.29, 1.82) is 0 Å². The van der Waals surface area contributed by atoms with E-state index in [-0.39, 0.29) is 22.0 Å². The number of fused-ring (bicyclic) bond motifs is 1. The topological polar surface area (TPSA) is 102 Å². The number of hydrogen-bond donors (Lipinski definition) is 1. The predicted octanol–water partition coefficient (Wildman–Crippen LogP) is 9.10. The first-order valence-corrected chi connectivity index (χ1v) is 20.1. The maximum absolute atomic E-state index is 13.4. The number of halogens is 1. The lowest BCUT2D eigenvalue weighted by atomic mass is 9.97. The number of ether oxygens (including phenoxy) is 1. The van der Waals surface area contributed by atoms with Crippen LogP contribution < -0.4 is 4.72 Å². The van der Waals surface area contributed by atoms with Crippen molar-refractivity contribution in [2.24, 2.45) is 5.92 Å². The molecule has 10 heteroatoms. The van der Waals surface area contributed by atoms with E-state index in [0.29, 0.717) is 42.2 Å². The molecule has 1 amide bonds. The Morgan fingerprint density at radius 3 is 2.41 bits per heavy atom. The Morgan fingerprint density at radius 2 is 1.65 bits per heavy atom. The van der Waals surface area contributed by atoms with Crippen LogP contribution in [-0.2, 0) is 38.8 Å². The summed E-state index contributed by atoms with van der Waals surface area (Å²) in [6.07, 6.45) is 3.41.